The van der Waals surface area contributed by atoms with Crippen LogP contribution in [0, 0.1) is 0 Å². The van der Waals surface area contributed by atoms with Crippen molar-refractivity contribution in [2.24, 2.45) is 0 Å². The van der Waals surface area contributed by atoms with Crippen molar-refractivity contribution in [3.05, 3.63) is 29.8 Å². The third-order valence-corrected chi connectivity index (χ3v) is 4.29. The fraction of sp³-hybridized carbons (Fsp3) is 0.611. The van der Waals surface area contributed by atoms with Gasteiger partial charge in [-0.25, -0.2) is 0 Å². The van der Waals surface area contributed by atoms with Gasteiger partial charge in [-0.05, 0) is 50.4 Å². The van der Waals surface area contributed by atoms with E-state index in [9.17, 15) is 4.79 Å². The second-order valence-electron chi connectivity index (χ2n) is 6.37. The third-order valence-electron chi connectivity index (χ3n) is 4.29. The van der Waals surface area contributed by atoms with E-state index in [1.807, 2.05) is 37.1 Å². The molecule has 0 aromatic heterocycles. The van der Waals surface area contributed by atoms with E-state index in [2.05, 4.69) is 25.2 Å². The van der Waals surface area contributed by atoms with Gasteiger partial charge in [0, 0.05) is 19.1 Å². The lowest BCUT2D eigenvalue weighted by molar-refractivity contribution is -0.138. The Hall–Kier alpha value is -1.55. The van der Waals surface area contributed by atoms with Gasteiger partial charge in [0.05, 0.1) is 0 Å². The molecule has 2 rings (SSSR count). The summed E-state index contributed by atoms with van der Waals surface area (Å²) >= 11 is 0. The minimum atomic E-state index is -0.445. The van der Waals surface area contributed by atoms with Crippen LogP contribution in [0.15, 0.2) is 24.3 Å². The van der Waals surface area contributed by atoms with Gasteiger partial charge in [-0.2, -0.15) is 0 Å². The van der Waals surface area contributed by atoms with Gasteiger partial charge >= 0.3 is 0 Å². The molecule has 2 unspecified atom stereocenters. The van der Waals surface area contributed by atoms with Crippen molar-refractivity contribution in [2.75, 3.05) is 20.1 Å². The maximum atomic E-state index is 12.6. The molecule has 1 saturated heterocycles. The fourth-order valence-corrected chi connectivity index (χ4v) is 3.01. The Morgan fingerprint density at radius 2 is 2.18 bits per heavy atom. The zero-order chi connectivity index (χ0) is 16.1. The van der Waals surface area contributed by atoms with Gasteiger partial charge in [0.1, 0.15) is 5.75 Å². The third kappa shape index (κ3) is 4.01. The normalized spacial score (nSPS) is 19.5. The first kappa shape index (κ1) is 16.8. The molecule has 1 heterocycles. The van der Waals surface area contributed by atoms with Crippen molar-refractivity contribution in [3.8, 4) is 5.75 Å². The van der Waals surface area contributed by atoms with Gasteiger partial charge in [0.15, 0.2) is 6.10 Å². The Morgan fingerprint density at radius 3 is 2.86 bits per heavy atom. The summed E-state index contributed by atoms with van der Waals surface area (Å²) < 4.78 is 5.89. The van der Waals surface area contributed by atoms with Crippen molar-refractivity contribution in [1.29, 1.82) is 0 Å². The number of hydrogen-bond donors (Lipinski definition) is 1. The molecule has 2 atom stereocenters. The number of carbonyl (C=O) groups is 1. The summed E-state index contributed by atoms with van der Waals surface area (Å²) in [5, 5.41) is 3.17. The molecule has 1 aromatic rings. The lowest BCUT2D eigenvalue weighted by atomic mass is 10.0. The van der Waals surface area contributed by atoms with E-state index in [0.29, 0.717) is 12.0 Å². The summed E-state index contributed by atoms with van der Waals surface area (Å²) in [5.41, 5.74) is 1.23. The lowest BCUT2D eigenvalue weighted by Crippen LogP contribution is -2.46. The van der Waals surface area contributed by atoms with Crippen molar-refractivity contribution in [3.63, 3.8) is 0 Å². The zero-order valence-electron chi connectivity index (χ0n) is 14.1. The van der Waals surface area contributed by atoms with E-state index in [4.69, 9.17) is 4.74 Å². The van der Waals surface area contributed by atoms with Crippen molar-refractivity contribution < 1.29 is 9.53 Å². The number of likely N-dealkylation sites (N-methyl/N-ethyl adjacent to an activating group) is 1. The van der Waals surface area contributed by atoms with Crippen LogP contribution in [-0.4, -0.2) is 43.1 Å². The number of nitrogens with one attached hydrogen (secondary N) is 1. The van der Waals surface area contributed by atoms with E-state index < -0.39 is 6.10 Å². The molecular weight excluding hydrogens is 276 g/mol. The topological polar surface area (TPSA) is 41.6 Å². The first-order valence-electron chi connectivity index (χ1n) is 8.24. The summed E-state index contributed by atoms with van der Waals surface area (Å²) in [4.78, 5) is 14.6. The zero-order valence-corrected chi connectivity index (χ0v) is 14.1. The number of amides is 1. The number of nitrogens with zero attached hydrogens (tertiary/aromatic N) is 1. The highest BCUT2D eigenvalue weighted by atomic mass is 16.5. The van der Waals surface area contributed by atoms with E-state index in [-0.39, 0.29) is 5.91 Å². The van der Waals surface area contributed by atoms with Crippen LogP contribution in [0.5, 0.6) is 5.75 Å². The fourth-order valence-electron chi connectivity index (χ4n) is 3.01. The van der Waals surface area contributed by atoms with Crippen LogP contribution in [0.25, 0.3) is 0 Å². The second kappa shape index (κ2) is 7.63. The Labute approximate surface area is 133 Å². The molecule has 1 aliphatic rings. The summed E-state index contributed by atoms with van der Waals surface area (Å²) in [6.07, 6.45) is 1.70. The number of carbonyl (C=O) groups excluding carboxylic acids is 1. The van der Waals surface area contributed by atoms with Crippen LogP contribution in [0.2, 0.25) is 0 Å². The molecule has 1 aromatic carbocycles. The molecule has 22 heavy (non-hydrogen) atoms. The molecule has 1 N–H and O–H groups in total. The van der Waals surface area contributed by atoms with Gasteiger partial charge in [-0.1, -0.05) is 26.0 Å². The largest absolute Gasteiger partial charge is 0.481 e. The summed E-state index contributed by atoms with van der Waals surface area (Å²) in [6.45, 7) is 7.84. The number of hydrogen-bond acceptors (Lipinski definition) is 3. The highest BCUT2D eigenvalue weighted by Crippen LogP contribution is 2.23. The lowest BCUT2D eigenvalue weighted by Gasteiger charge is -2.27. The minimum absolute atomic E-state index is 0.0905. The Morgan fingerprint density at radius 1 is 1.41 bits per heavy atom. The minimum Gasteiger partial charge on any atom is -0.481 e. The number of ether oxygens (including phenoxy) is 1. The first-order valence-corrected chi connectivity index (χ1v) is 8.24. The molecule has 0 aliphatic carbocycles. The number of likely N-dealkylation sites (tertiary alicyclic amines) is 1. The standard InChI is InChI=1S/C18H28N2O2/c1-13(2)15-7-5-9-17(11-15)22-14(3)18(21)20-10-6-8-16(20)12-19-4/h5,7,9,11,13-14,16,19H,6,8,10,12H2,1-4H3. The smallest absolute Gasteiger partial charge is 0.263 e. The number of rotatable bonds is 6. The van der Waals surface area contributed by atoms with Crippen LogP contribution >= 0.6 is 0 Å². The van der Waals surface area contributed by atoms with Gasteiger partial charge in [0.25, 0.3) is 5.91 Å². The summed E-state index contributed by atoms with van der Waals surface area (Å²) in [6, 6.07) is 8.33. The second-order valence-corrected chi connectivity index (χ2v) is 6.37. The quantitative estimate of drug-likeness (QED) is 0.878. The molecule has 0 spiro atoms. The molecule has 1 fully saturated rings. The van der Waals surface area contributed by atoms with Crippen LogP contribution in [-0.2, 0) is 4.79 Å². The van der Waals surface area contributed by atoms with Crippen molar-refractivity contribution >= 4 is 5.91 Å². The van der Waals surface area contributed by atoms with Crippen LogP contribution < -0.4 is 10.1 Å². The molecule has 4 nitrogen and oxygen atoms in total. The van der Waals surface area contributed by atoms with E-state index in [0.717, 1.165) is 31.7 Å². The van der Waals surface area contributed by atoms with Crippen LogP contribution in [0.4, 0.5) is 0 Å². The first-order chi connectivity index (χ1) is 10.5. The molecule has 0 saturated carbocycles. The Bertz CT molecular complexity index is 502. The predicted molar refractivity (Wildman–Crippen MR) is 89.3 cm³/mol. The highest BCUT2D eigenvalue weighted by molar-refractivity contribution is 5.81. The average Bonchev–Trinajstić information content (AvgIpc) is 2.95. The summed E-state index contributed by atoms with van der Waals surface area (Å²) in [7, 11) is 1.93. The van der Waals surface area contributed by atoms with Gasteiger partial charge < -0.3 is 15.0 Å². The highest BCUT2D eigenvalue weighted by Gasteiger charge is 2.31. The summed E-state index contributed by atoms with van der Waals surface area (Å²) in [5.74, 6) is 1.32. The van der Waals surface area contributed by atoms with E-state index >= 15 is 0 Å². The van der Waals surface area contributed by atoms with Gasteiger partial charge in [-0.3, -0.25) is 4.79 Å². The maximum absolute atomic E-state index is 12.6. The van der Waals surface area contributed by atoms with E-state index in [1.54, 1.807) is 0 Å². The molecule has 122 valence electrons. The molecule has 4 heteroatoms. The monoisotopic (exact) mass is 304 g/mol. The molecule has 0 radical (unpaired) electrons. The number of benzene rings is 1. The Balaban J connectivity index is 2.00. The molecule has 1 amide bonds. The molecule has 0 bridgehead atoms. The predicted octanol–water partition coefficient (Wildman–Crippen LogP) is 2.79. The van der Waals surface area contributed by atoms with E-state index in [1.165, 1.54) is 5.56 Å². The van der Waals surface area contributed by atoms with Crippen molar-refractivity contribution in [1.82, 2.24) is 10.2 Å². The molecule has 1 aliphatic heterocycles. The Kier molecular flexibility index (Phi) is 5.83. The van der Waals surface area contributed by atoms with Crippen molar-refractivity contribution in [2.45, 2.75) is 51.7 Å². The SMILES string of the molecule is CNCC1CCCN1C(=O)C(C)Oc1cccc(C(C)C)c1. The molecular formula is C18H28N2O2. The van der Waals surface area contributed by atoms with Gasteiger partial charge in [0.2, 0.25) is 0 Å². The maximum Gasteiger partial charge on any atom is 0.263 e. The van der Waals surface area contributed by atoms with Crippen LogP contribution in [0.1, 0.15) is 45.1 Å². The van der Waals surface area contributed by atoms with Crippen LogP contribution in [0.3, 0.4) is 0 Å². The average molecular weight is 304 g/mol. The van der Waals surface area contributed by atoms with Gasteiger partial charge in [-0.15, -0.1) is 0 Å².